The summed E-state index contributed by atoms with van der Waals surface area (Å²) in [4.78, 5) is 14.2. The highest BCUT2D eigenvalue weighted by molar-refractivity contribution is 7.89. The molecule has 1 aliphatic rings. The molecule has 0 aromatic heterocycles. The molecule has 0 unspecified atom stereocenters. The number of carbonyl (C=O) groups is 1. The van der Waals surface area contributed by atoms with Crippen LogP contribution in [-0.2, 0) is 10.0 Å². The van der Waals surface area contributed by atoms with Crippen LogP contribution in [0.4, 0.5) is 10.5 Å². The number of rotatable bonds is 5. The number of likely N-dealkylation sites (tertiary alicyclic amines) is 1. The van der Waals surface area contributed by atoms with Crippen LogP contribution in [0, 0.1) is 6.92 Å². The first-order chi connectivity index (χ1) is 10.4. The van der Waals surface area contributed by atoms with Gasteiger partial charge in [0.05, 0.1) is 4.90 Å². The van der Waals surface area contributed by atoms with Crippen LogP contribution in [0.3, 0.4) is 0 Å². The third-order valence-corrected chi connectivity index (χ3v) is 4.61. The van der Waals surface area contributed by atoms with Crippen LogP contribution in [-0.4, -0.2) is 45.5 Å². The minimum Gasteiger partial charge on any atom is -0.337 e. The highest BCUT2D eigenvalue weighted by Crippen LogP contribution is 2.19. The molecule has 22 heavy (non-hydrogen) atoms. The predicted octanol–water partition coefficient (Wildman–Crippen LogP) is 0.860. The van der Waals surface area contributed by atoms with Gasteiger partial charge in [-0.2, -0.15) is 0 Å². The summed E-state index contributed by atoms with van der Waals surface area (Å²) in [6.07, 6.45) is 2.43. The summed E-state index contributed by atoms with van der Waals surface area (Å²) in [7, 11) is -3.78. The zero-order chi connectivity index (χ0) is 16.2. The summed E-state index contributed by atoms with van der Waals surface area (Å²) in [6.45, 7) is 5.33. The molecule has 2 amide bonds. The van der Waals surface area contributed by atoms with Crippen LogP contribution in [0.5, 0.6) is 0 Å². The lowest BCUT2D eigenvalue weighted by Gasteiger charge is -2.15. The lowest BCUT2D eigenvalue weighted by Crippen LogP contribution is -2.36. The highest BCUT2D eigenvalue weighted by Gasteiger charge is 2.13. The van der Waals surface area contributed by atoms with Crippen LogP contribution in [0.15, 0.2) is 23.1 Å². The normalized spacial score (nSPS) is 15.7. The molecule has 7 nitrogen and oxygen atoms in total. The highest BCUT2D eigenvalue weighted by atomic mass is 32.2. The molecule has 1 heterocycles. The Morgan fingerprint density at radius 1 is 1.32 bits per heavy atom. The van der Waals surface area contributed by atoms with Gasteiger partial charge in [-0.1, -0.05) is 6.07 Å². The molecule has 0 atom stereocenters. The van der Waals surface area contributed by atoms with Crippen molar-refractivity contribution in [2.45, 2.75) is 24.7 Å². The topological polar surface area (TPSA) is 105 Å². The van der Waals surface area contributed by atoms with Gasteiger partial charge in [0.1, 0.15) is 0 Å². The number of benzene rings is 1. The Bertz CT molecular complexity index is 639. The van der Waals surface area contributed by atoms with Gasteiger partial charge in [-0.3, -0.25) is 0 Å². The average Bonchev–Trinajstić information content (AvgIpc) is 2.93. The van der Waals surface area contributed by atoms with Gasteiger partial charge in [0.2, 0.25) is 10.0 Å². The third-order valence-electron chi connectivity index (χ3n) is 3.70. The van der Waals surface area contributed by atoms with E-state index in [2.05, 4.69) is 15.5 Å². The van der Waals surface area contributed by atoms with Gasteiger partial charge in [0, 0.05) is 18.8 Å². The minimum absolute atomic E-state index is 0.0227. The second kappa shape index (κ2) is 7.08. The fourth-order valence-corrected chi connectivity index (χ4v) is 2.95. The number of sulfonamides is 1. The number of nitrogens with two attached hydrogens (primary N) is 1. The molecule has 1 fully saturated rings. The molecule has 1 aromatic rings. The number of carbonyl (C=O) groups excluding carboxylic acids is 1. The average molecular weight is 326 g/mol. The largest absolute Gasteiger partial charge is 0.337 e. The monoisotopic (exact) mass is 326 g/mol. The first-order valence-electron chi connectivity index (χ1n) is 7.27. The van der Waals surface area contributed by atoms with Gasteiger partial charge in [-0.05, 0) is 50.6 Å². The Kier molecular flexibility index (Phi) is 5.38. The quantitative estimate of drug-likeness (QED) is 0.746. The third kappa shape index (κ3) is 4.69. The fraction of sp³-hybridized carbons (Fsp3) is 0.500. The zero-order valence-corrected chi connectivity index (χ0v) is 13.4. The maximum Gasteiger partial charge on any atom is 0.319 e. The molecular weight excluding hydrogens is 304 g/mol. The van der Waals surface area contributed by atoms with E-state index in [0.717, 1.165) is 25.2 Å². The van der Waals surface area contributed by atoms with Gasteiger partial charge < -0.3 is 15.5 Å². The molecule has 8 heteroatoms. The van der Waals surface area contributed by atoms with E-state index in [1.165, 1.54) is 25.0 Å². The smallest absolute Gasteiger partial charge is 0.319 e. The van der Waals surface area contributed by atoms with Gasteiger partial charge in [-0.15, -0.1) is 0 Å². The Morgan fingerprint density at radius 3 is 2.64 bits per heavy atom. The second-order valence-electron chi connectivity index (χ2n) is 5.45. The van der Waals surface area contributed by atoms with Crippen LogP contribution in [0.1, 0.15) is 18.4 Å². The van der Waals surface area contributed by atoms with E-state index in [-0.39, 0.29) is 10.9 Å². The fourth-order valence-electron chi connectivity index (χ4n) is 2.41. The second-order valence-corrected chi connectivity index (χ2v) is 7.01. The molecule has 0 saturated carbocycles. The van der Waals surface area contributed by atoms with Crippen molar-refractivity contribution < 1.29 is 13.2 Å². The number of nitrogens with zero attached hydrogens (tertiary/aromatic N) is 1. The maximum absolute atomic E-state index is 11.9. The molecule has 1 aromatic carbocycles. The molecule has 1 saturated heterocycles. The van der Waals surface area contributed by atoms with Gasteiger partial charge in [0.15, 0.2) is 0 Å². The number of anilines is 1. The number of primary sulfonamides is 1. The minimum atomic E-state index is -3.78. The van der Waals surface area contributed by atoms with E-state index in [4.69, 9.17) is 5.14 Å². The number of hydrogen-bond donors (Lipinski definition) is 3. The van der Waals surface area contributed by atoms with E-state index < -0.39 is 10.0 Å². The Hall–Kier alpha value is -1.64. The number of hydrogen-bond acceptors (Lipinski definition) is 4. The molecule has 122 valence electrons. The molecule has 0 radical (unpaired) electrons. The predicted molar refractivity (Wildman–Crippen MR) is 85.2 cm³/mol. The van der Waals surface area contributed by atoms with Crippen LogP contribution < -0.4 is 15.8 Å². The van der Waals surface area contributed by atoms with Crippen LogP contribution in [0.2, 0.25) is 0 Å². The molecule has 2 rings (SSSR count). The molecule has 4 N–H and O–H groups in total. The van der Waals surface area contributed by atoms with Crippen molar-refractivity contribution in [3.05, 3.63) is 23.8 Å². The Labute approximate surface area is 130 Å². The van der Waals surface area contributed by atoms with Crippen molar-refractivity contribution in [1.29, 1.82) is 0 Å². The van der Waals surface area contributed by atoms with Crippen molar-refractivity contribution >= 4 is 21.7 Å². The lowest BCUT2D eigenvalue weighted by atomic mass is 10.2. The van der Waals surface area contributed by atoms with Crippen molar-refractivity contribution in [3.8, 4) is 0 Å². The first kappa shape index (κ1) is 16.7. The molecular formula is C14H22N4O3S. The van der Waals surface area contributed by atoms with Crippen LogP contribution in [0.25, 0.3) is 0 Å². The van der Waals surface area contributed by atoms with Gasteiger partial charge in [0.25, 0.3) is 0 Å². The number of urea groups is 1. The summed E-state index contributed by atoms with van der Waals surface area (Å²) in [5.41, 5.74) is 1.20. The van der Waals surface area contributed by atoms with E-state index >= 15 is 0 Å². The van der Waals surface area contributed by atoms with Crippen molar-refractivity contribution in [2.24, 2.45) is 5.14 Å². The summed E-state index contributed by atoms with van der Waals surface area (Å²) < 4.78 is 22.7. The van der Waals surface area contributed by atoms with E-state index in [1.807, 2.05) is 0 Å². The lowest BCUT2D eigenvalue weighted by molar-refractivity contribution is 0.249. The van der Waals surface area contributed by atoms with Crippen molar-refractivity contribution in [1.82, 2.24) is 10.2 Å². The van der Waals surface area contributed by atoms with Crippen molar-refractivity contribution in [3.63, 3.8) is 0 Å². The zero-order valence-electron chi connectivity index (χ0n) is 12.6. The van der Waals surface area contributed by atoms with Crippen LogP contribution >= 0.6 is 0 Å². The molecule has 0 spiro atoms. The number of amides is 2. The first-order valence-corrected chi connectivity index (χ1v) is 8.81. The van der Waals surface area contributed by atoms with Gasteiger partial charge >= 0.3 is 6.03 Å². The summed E-state index contributed by atoms with van der Waals surface area (Å²) in [5.74, 6) is 0. The van der Waals surface area contributed by atoms with Gasteiger partial charge in [-0.25, -0.2) is 18.4 Å². The van der Waals surface area contributed by atoms with E-state index in [9.17, 15) is 13.2 Å². The standard InChI is InChI=1S/C14H22N4O3S/c1-11-4-5-12(22(15,20)21)10-13(11)17-14(19)16-6-9-18-7-2-3-8-18/h4-5,10H,2-3,6-9H2,1H3,(H2,15,20,21)(H2,16,17,19). The Balaban J connectivity index is 1.90. The summed E-state index contributed by atoms with van der Waals surface area (Å²) in [5, 5.41) is 10.5. The summed E-state index contributed by atoms with van der Waals surface area (Å²) >= 11 is 0. The van der Waals surface area contributed by atoms with E-state index in [1.54, 1.807) is 13.0 Å². The number of aryl methyl sites for hydroxylation is 1. The molecule has 1 aliphatic heterocycles. The van der Waals surface area contributed by atoms with E-state index in [0.29, 0.717) is 12.2 Å². The number of nitrogens with one attached hydrogen (secondary N) is 2. The van der Waals surface area contributed by atoms with Crippen molar-refractivity contribution in [2.75, 3.05) is 31.5 Å². The molecule has 0 bridgehead atoms. The Morgan fingerprint density at radius 2 is 2.00 bits per heavy atom. The SMILES string of the molecule is Cc1ccc(S(N)(=O)=O)cc1NC(=O)NCCN1CCCC1. The molecule has 0 aliphatic carbocycles. The maximum atomic E-state index is 11.9. The summed E-state index contributed by atoms with van der Waals surface area (Å²) in [6, 6.07) is 4.04.